The average molecular weight is 2040 g/mol. The fourth-order valence-corrected chi connectivity index (χ4v) is 50.0. The number of nitrogens with zero attached hydrogens (tertiary/aromatic N) is 5. The van der Waals surface area contributed by atoms with E-state index in [0.717, 1.165) is 55.1 Å². The molecule has 0 atom stereocenters. The summed E-state index contributed by atoms with van der Waals surface area (Å²) < 4.78 is 132. The van der Waals surface area contributed by atoms with Crippen LogP contribution in [0.1, 0.15) is 131 Å². The first-order chi connectivity index (χ1) is 54.9. The van der Waals surface area contributed by atoms with Crippen LogP contribution in [0.2, 0.25) is 41.7 Å². The minimum Gasteiger partial charge on any atom is -0.360 e. The molecular weight excluding hydrogens is 1950 g/mol. The van der Waals surface area contributed by atoms with Crippen molar-refractivity contribution in [1.29, 1.82) is 0 Å². The summed E-state index contributed by atoms with van der Waals surface area (Å²) in [6.07, 6.45) is 21.3. The number of unbranched alkanes of at least 4 members (excludes halogenated alkanes) is 6. The molecule has 0 amide bonds. The first-order valence-corrected chi connectivity index (χ1v) is 59.2. The largest absolute Gasteiger partial charge is 0.534 e. The topological polar surface area (TPSA) is 157 Å². The summed E-state index contributed by atoms with van der Waals surface area (Å²) in [5.74, 6) is -0.916. The molecule has 1 aliphatic heterocycles. The van der Waals surface area contributed by atoms with Crippen LogP contribution >= 0.6 is 91.7 Å². The molecule has 12 nitrogen and oxygen atoms in total. The molecule has 0 unspecified atom stereocenters. The van der Waals surface area contributed by atoms with Crippen molar-refractivity contribution in [3.05, 3.63) is 230 Å². The molecular formula is C86H93Cl4F7IN7O5S3Sn2. The first kappa shape index (κ1) is 92.9. The molecule has 0 saturated heterocycles. The molecule has 115 heavy (non-hydrogen) atoms. The number of benzene rings is 7. The van der Waals surface area contributed by atoms with E-state index in [0.29, 0.717) is 42.7 Å². The van der Waals surface area contributed by atoms with Crippen molar-refractivity contribution in [2.75, 3.05) is 0 Å². The third kappa shape index (κ3) is 24.6. The zero-order valence-corrected chi connectivity index (χ0v) is 78.6. The SMILES string of the molecule is CCC[CH2][Sn]([CH2]CCC)([CH2]CCC)[c]1cn(C)c2ccc(F)cc12.CCC[CH2][Sn]([CH2]CCC)([CH2]CCC)[c]1nc2ccc(Cl)cc2c(=O)[nH]1.Cn1cc(-c2cccc(Cl)c2)c2cc(F)ccc21.Fc1ccc2scc(I)c2c1.O=S(=O)(OC1=NC(Cl)=CCC1)C(F)(F)F.O=c1[nH]c(-c2csc3ccc(F)cc23)nc2ccc(Cl)cc12. The number of halogens is 12. The van der Waals surface area contributed by atoms with E-state index in [1.807, 2.05) is 77.1 Å². The van der Waals surface area contributed by atoms with Gasteiger partial charge in [0.15, 0.2) is 0 Å². The fraction of sp³-hybridized carbons (Fsp3) is 0.337. The van der Waals surface area contributed by atoms with Crippen molar-refractivity contribution < 1.29 is 43.3 Å². The van der Waals surface area contributed by atoms with Crippen molar-refractivity contribution in [3.8, 4) is 22.5 Å². The number of nitrogens with one attached hydrogen (secondary N) is 2. The molecule has 0 bridgehead atoms. The van der Waals surface area contributed by atoms with E-state index in [2.05, 4.69) is 106 Å². The smallest absolute Gasteiger partial charge is 0.360 e. The Morgan fingerprint density at radius 3 is 1.51 bits per heavy atom. The number of aromatic nitrogens is 6. The van der Waals surface area contributed by atoms with Crippen LogP contribution in [0.5, 0.6) is 0 Å². The number of hydrogen-bond acceptors (Lipinski definition) is 10. The average Bonchev–Trinajstić information content (AvgIpc) is 1.65. The number of H-pyrrole nitrogens is 2. The summed E-state index contributed by atoms with van der Waals surface area (Å²) in [6.45, 7) is 13.7. The fourth-order valence-electron chi connectivity index (χ4n) is 14.2. The third-order valence-electron chi connectivity index (χ3n) is 20.2. The number of aryl methyl sites for hydroxylation is 2. The van der Waals surface area contributed by atoms with Gasteiger partial charge < -0.3 is 13.7 Å². The van der Waals surface area contributed by atoms with Gasteiger partial charge in [-0.25, -0.2) is 23.1 Å². The van der Waals surface area contributed by atoms with Crippen LogP contribution in [0.15, 0.2) is 182 Å². The molecule has 29 heteroatoms. The van der Waals surface area contributed by atoms with Gasteiger partial charge in [-0.2, -0.15) is 21.6 Å². The number of alkyl halides is 3. The van der Waals surface area contributed by atoms with E-state index in [1.165, 1.54) is 156 Å². The molecule has 2 N–H and O–H groups in total. The predicted molar refractivity (Wildman–Crippen MR) is 482 cm³/mol. The summed E-state index contributed by atoms with van der Waals surface area (Å²) in [5, 5.41) is 10.5. The standard InChI is InChI=1S/C16H8ClFN2OS.C15H11ClFN.C9H7FN.C8H4ClN2O.C8H4FIS.C6H5ClF3NO3S.6C4H9.2Sn/c17-8-1-3-13-11(5-8)16(21)20-15(19-13)12-7-22-14-4-2-9(18)6-10(12)14;1-18-9-14(10-3-2-4-11(16)7-10)13-8-12(17)5-6-15(13)18;1-11-5-4-7-6-8(10)2-3-9(7)11;9-5-1-2-7-6(3-5)8(12)11-4-10-7;9-5-1-2-8-6(3-5)7(10)4-11-8;7-4-2-1-3-5(11-4)14-15(12,13)6(8,9)10;6*1-3-4-2;;/h1-7H,(H,19,20,21);2-9H,1H3;2-3,5-6H,1H3;1-3H,(H,10,11,12);1-4H;2H,1,3H2;6*1,3-4H2,2H3;;. The van der Waals surface area contributed by atoms with Gasteiger partial charge in [0.2, 0.25) is 5.90 Å². The maximum atomic E-state index is 14.0. The van der Waals surface area contributed by atoms with Gasteiger partial charge in [0.05, 0.1) is 10.9 Å². The summed E-state index contributed by atoms with van der Waals surface area (Å²) >= 11 is 23.5. The Labute approximate surface area is 716 Å². The van der Waals surface area contributed by atoms with E-state index >= 15 is 0 Å². The Hall–Kier alpha value is -6.02. The zero-order valence-electron chi connectivity index (χ0n) is 65.3. The quantitative estimate of drug-likeness (QED) is 0.0161. The zero-order chi connectivity index (χ0) is 83.4. The molecule has 612 valence electrons. The predicted octanol–water partition coefficient (Wildman–Crippen LogP) is 27.0. The van der Waals surface area contributed by atoms with Crippen LogP contribution in [0.25, 0.3) is 86.3 Å². The van der Waals surface area contributed by atoms with Crippen molar-refractivity contribution in [2.45, 2.75) is 164 Å². The van der Waals surface area contributed by atoms with Crippen molar-refractivity contribution in [2.24, 2.45) is 19.1 Å². The minimum atomic E-state index is -5.64. The van der Waals surface area contributed by atoms with E-state index in [9.17, 15) is 48.7 Å². The van der Waals surface area contributed by atoms with Gasteiger partial charge in [0, 0.05) is 86.2 Å². The summed E-state index contributed by atoms with van der Waals surface area (Å²) in [6, 6.07) is 37.7. The van der Waals surface area contributed by atoms with Crippen LogP contribution in [0.4, 0.5) is 30.7 Å². The molecule has 0 aliphatic carbocycles. The van der Waals surface area contributed by atoms with Crippen LogP contribution in [-0.4, -0.2) is 85.6 Å². The Balaban J connectivity index is 0.000000160. The van der Waals surface area contributed by atoms with Gasteiger partial charge in [-0.05, 0) is 126 Å². The van der Waals surface area contributed by atoms with Gasteiger partial charge in [0.1, 0.15) is 28.4 Å². The van der Waals surface area contributed by atoms with Gasteiger partial charge in [-0.1, -0.05) is 46.9 Å². The van der Waals surface area contributed by atoms with E-state index in [1.54, 1.807) is 75.6 Å². The molecule has 0 radical (unpaired) electrons. The molecule has 7 aromatic carbocycles. The summed E-state index contributed by atoms with van der Waals surface area (Å²) in [5.41, 5.74) is 0.535. The third-order valence-corrected chi connectivity index (χ3v) is 55.7. The number of hydrogen-bond donors (Lipinski definition) is 2. The maximum Gasteiger partial charge on any atom is 0.534 e. The Morgan fingerprint density at radius 1 is 0.522 bits per heavy atom. The Bertz CT molecular complexity index is 5770. The first-order valence-electron chi connectivity index (χ1n) is 38.5. The minimum absolute atomic E-state index is 0.0203. The molecule has 0 saturated carbocycles. The van der Waals surface area contributed by atoms with Crippen LogP contribution in [-0.2, 0) is 28.4 Å². The maximum absolute atomic E-state index is 14.0. The molecule has 14 rings (SSSR count). The number of aliphatic imine (C=N–C) groups is 1. The second-order valence-electron chi connectivity index (χ2n) is 28.5. The summed E-state index contributed by atoms with van der Waals surface area (Å²) in [7, 11) is -1.56. The van der Waals surface area contributed by atoms with Crippen molar-refractivity contribution in [3.63, 3.8) is 0 Å². The number of rotatable bonds is 23. The van der Waals surface area contributed by atoms with E-state index < -0.39 is 58.3 Å². The van der Waals surface area contributed by atoms with Gasteiger partial charge in [-0.3, -0.25) is 4.79 Å². The van der Waals surface area contributed by atoms with Gasteiger partial charge in [0.25, 0.3) is 5.56 Å². The number of aromatic amines is 2. The molecule has 1 aliphatic rings. The van der Waals surface area contributed by atoms with E-state index in [4.69, 9.17) is 51.4 Å². The monoisotopic (exact) mass is 2040 g/mol. The van der Waals surface area contributed by atoms with E-state index in [-0.39, 0.29) is 52.4 Å². The van der Waals surface area contributed by atoms with Crippen LogP contribution < -0.4 is 18.5 Å². The van der Waals surface area contributed by atoms with Gasteiger partial charge in [-0.15, -0.1) is 22.7 Å². The molecule has 13 aromatic rings. The molecule has 0 spiro atoms. The molecule has 6 aromatic heterocycles. The van der Waals surface area contributed by atoms with Crippen molar-refractivity contribution in [1.82, 2.24) is 29.1 Å². The normalized spacial score (nSPS) is 12.5. The number of thiophene rings is 2. The Morgan fingerprint density at radius 2 is 0.983 bits per heavy atom. The van der Waals surface area contributed by atoms with Gasteiger partial charge >= 0.3 is 328 Å². The molecule has 0 fully saturated rings. The second-order valence-corrected chi connectivity index (χ2v) is 60.8. The molecule has 7 heterocycles. The summed E-state index contributed by atoms with van der Waals surface area (Å²) in [4.78, 5) is 43.7. The Kier molecular flexibility index (Phi) is 34.9. The second kappa shape index (κ2) is 43.3. The van der Waals surface area contributed by atoms with Crippen LogP contribution in [0.3, 0.4) is 0 Å². The van der Waals surface area contributed by atoms with Crippen molar-refractivity contribution >= 4 is 216 Å². The number of allylic oxidation sites excluding steroid dienone is 1. The number of fused-ring (bicyclic) bond motifs is 6. The van der Waals surface area contributed by atoms with Crippen LogP contribution in [0, 0.1) is 26.8 Å².